The monoisotopic (exact) mass is 358 g/mol. The Hall–Kier alpha value is -2.41. The smallest absolute Gasteiger partial charge is 0.318 e. The van der Waals surface area contributed by atoms with Crippen LogP contribution in [-0.2, 0) is 17.8 Å². The zero-order valence-electron chi connectivity index (χ0n) is 14.4. The van der Waals surface area contributed by atoms with E-state index in [4.69, 9.17) is 0 Å². The Bertz CT molecular complexity index is 747. The van der Waals surface area contributed by atoms with Crippen LogP contribution in [0.5, 0.6) is 0 Å². The van der Waals surface area contributed by atoms with Gasteiger partial charge in [-0.2, -0.15) is 0 Å². The predicted octanol–water partition coefficient (Wildman–Crippen LogP) is 2.11. The SMILES string of the molecule is C[C@H]1C(=O)N(C)CCN1C(=O)NCc1csc(Cc2ccccc2)n1. The summed E-state index contributed by atoms with van der Waals surface area (Å²) >= 11 is 1.60. The van der Waals surface area contributed by atoms with Gasteiger partial charge in [0.2, 0.25) is 5.91 Å². The number of urea groups is 1. The van der Waals surface area contributed by atoms with Crippen LogP contribution >= 0.6 is 11.3 Å². The molecule has 0 radical (unpaired) electrons. The van der Waals surface area contributed by atoms with E-state index in [-0.39, 0.29) is 11.9 Å². The Kier molecular flexibility index (Phi) is 5.33. The molecular formula is C18H22N4O2S. The lowest BCUT2D eigenvalue weighted by atomic mass is 10.2. The number of thiazole rings is 1. The van der Waals surface area contributed by atoms with E-state index >= 15 is 0 Å². The second-order valence-corrected chi connectivity index (χ2v) is 7.13. The van der Waals surface area contributed by atoms with E-state index < -0.39 is 6.04 Å². The summed E-state index contributed by atoms with van der Waals surface area (Å²) in [4.78, 5) is 32.2. The van der Waals surface area contributed by atoms with Crippen molar-refractivity contribution in [3.63, 3.8) is 0 Å². The van der Waals surface area contributed by atoms with Crippen LogP contribution in [0, 0.1) is 0 Å². The molecule has 1 aliphatic rings. The van der Waals surface area contributed by atoms with E-state index in [9.17, 15) is 9.59 Å². The van der Waals surface area contributed by atoms with Crippen molar-refractivity contribution in [1.82, 2.24) is 20.1 Å². The largest absolute Gasteiger partial charge is 0.342 e. The molecule has 25 heavy (non-hydrogen) atoms. The zero-order valence-corrected chi connectivity index (χ0v) is 15.3. The second kappa shape index (κ2) is 7.65. The van der Waals surface area contributed by atoms with Gasteiger partial charge in [-0.3, -0.25) is 4.79 Å². The number of hydrogen-bond acceptors (Lipinski definition) is 4. The van der Waals surface area contributed by atoms with Crippen molar-refractivity contribution in [2.45, 2.75) is 25.9 Å². The molecule has 1 saturated heterocycles. The third-order valence-corrected chi connectivity index (χ3v) is 5.25. The first kappa shape index (κ1) is 17.4. The molecule has 2 heterocycles. The molecule has 0 saturated carbocycles. The molecule has 1 aliphatic heterocycles. The van der Waals surface area contributed by atoms with Gasteiger partial charge in [0.05, 0.1) is 17.2 Å². The number of amides is 3. The number of piperazine rings is 1. The van der Waals surface area contributed by atoms with Crippen molar-refractivity contribution in [3.05, 3.63) is 52.0 Å². The molecule has 1 aromatic carbocycles. The molecule has 1 atom stereocenters. The van der Waals surface area contributed by atoms with Gasteiger partial charge in [-0.05, 0) is 12.5 Å². The average molecular weight is 358 g/mol. The van der Waals surface area contributed by atoms with Gasteiger partial charge in [0.15, 0.2) is 0 Å². The van der Waals surface area contributed by atoms with Gasteiger partial charge in [0.1, 0.15) is 6.04 Å². The van der Waals surface area contributed by atoms with Crippen molar-refractivity contribution in [1.29, 1.82) is 0 Å². The first-order valence-electron chi connectivity index (χ1n) is 8.31. The van der Waals surface area contributed by atoms with Crippen LogP contribution < -0.4 is 5.32 Å². The fourth-order valence-electron chi connectivity index (χ4n) is 2.84. The molecule has 0 aliphatic carbocycles. The molecule has 2 aromatic rings. The van der Waals surface area contributed by atoms with Gasteiger partial charge in [0, 0.05) is 31.9 Å². The molecule has 0 spiro atoms. The van der Waals surface area contributed by atoms with Crippen molar-refractivity contribution in [2.75, 3.05) is 20.1 Å². The minimum absolute atomic E-state index is 0.0276. The minimum Gasteiger partial charge on any atom is -0.342 e. The number of aromatic nitrogens is 1. The fraction of sp³-hybridized carbons (Fsp3) is 0.389. The van der Waals surface area contributed by atoms with Gasteiger partial charge in [-0.1, -0.05) is 30.3 Å². The van der Waals surface area contributed by atoms with Gasteiger partial charge >= 0.3 is 6.03 Å². The highest BCUT2D eigenvalue weighted by Gasteiger charge is 2.32. The van der Waals surface area contributed by atoms with Crippen molar-refractivity contribution < 1.29 is 9.59 Å². The maximum atomic E-state index is 12.4. The Balaban J connectivity index is 1.53. The number of rotatable bonds is 4. The summed E-state index contributed by atoms with van der Waals surface area (Å²) in [6.07, 6.45) is 0.795. The molecule has 132 valence electrons. The molecule has 1 N–H and O–H groups in total. The summed E-state index contributed by atoms with van der Waals surface area (Å²) < 4.78 is 0. The van der Waals surface area contributed by atoms with Crippen LogP contribution in [0.4, 0.5) is 4.79 Å². The normalized spacial score (nSPS) is 17.7. The molecule has 0 unspecified atom stereocenters. The molecule has 1 aromatic heterocycles. The number of hydrogen-bond donors (Lipinski definition) is 1. The summed E-state index contributed by atoms with van der Waals surface area (Å²) in [6.45, 7) is 3.25. The van der Waals surface area contributed by atoms with Gasteiger partial charge in [-0.15, -0.1) is 11.3 Å². The van der Waals surface area contributed by atoms with Gasteiger partial charge < -0.3 is 15.1 Å². The molecular weight excluding hydrogens is 336 g/mol. The maximum Gasteiger partial charge on any atom is 0.318 e. The predicted molar refractivity (Wildman–Crippen MR) is 97.4 cm³/mol. The van der Waals surface area contributed by atoms with Crippen molar-refractivity contribution in [2.24, 2.45) is 0 Å². The van der Waals surface area contributed by atoms with Crippen LogP contribution in [0.1, 0.15) is 23.2 Å². The molecule has 1 fully saturated rings. The first-order valence-corrected chi connectivity index (χ1v) is 9.19. The molecule has 3 amide bonds. The molecule has 7 heteroatoms. The van der Waals surface area contributed by atoms with Crippen LogP contribution in [0.3, 0.4) is 0 Å². The Morgan fingerprint density at radius 3 is 2.84 bits per heavy atom. The number of nitrogens with one attached hydrogen (secondary N) is 1. The number of nitrogens with zero attached hydrogens (tertiary/aromatic N) is 3. The quantitative estimate of drug-likeness (QED) is 0.910. The Morgan fingerprint density at radius 1 is 1.32 bits per heavy atom. The standard InChI is InChI=1S/C18H22N4O2S/c1-13-17(23)21(2)8-9-22(13)18(24)19-11-15-12-25-16(20-15)10-14-6-4-3-5-7-14/h3-7,12-13H,8-11H2,1-2H3,(H,19,24)/t13-/m0/s1. The molecule has 0 bridgehead atoms. The van der Waals surface area contributed by atoms with E-state index in [0.29, 0.717) is 19.6 Å². The van der Waals surface area contributed by atoms with Gasteiger partial charge in [-0.25, -0.2) is 9.78 Å². The molecule has 3 rings (SSSR count). The highest BCUT2D eigenvalue weighted by Crippen LogP contribution is 2.15. The van der Waals surface area contributed by atoms with E-state index in [1.54, 1.807) is 35.1 Å². The van der Waals surface area contributed by atoms with Crippen molar-refractivity contribution in [3.8, 4) is 0 Å². The van der Waals surface area contributed by atoms with E-state index in [1.807, 2.05) is 23.6 Å². The van der Waals surface area contributed by atoms with Crippen LogP contribution in [0.25, 0.3) is 0 Å². The van der Waals surface area contributed by atoms with E-state index in [0.717, 1.165) is 17.1 Å². The number of likely N-dealkylation sites (N-methyl/N-ethyl adjacent to an activating group) is 1. The lowest BCUT2D eigenvalue weighted by molar-refractivity contribution is -0.137. The van der Waals surface area contributed by atoms with E-state index in [1.165, 1.54) is 5.56 Å². The third-order valence-electron chi connectivity index (χ3n) is 4.36. The maximum absolute atomic E-state index is 12.4. The fourth-order valence-corrected chi connectivity index (χ4v) is 3.67. The first-order chi connectivity index (χ1) is 12.0. The summed E-state index contributed by atoms with van der Waals surface area (Å²) in [5.41, 5.74) is 2.06. The highest BCUT2D eigenvalue weighted by atomic mass is 32.1. The second-order valence-electron chi connectivity index (χ2n) is 6.18. The topological polar surface area (TPSA) is 65.5 Å². The zero-order chi connectivity index (χ0) is 17.8. The third kappa shape index (κ3) is 4.17. The molecule has 6 nitrogen and oxygen atoms in total. The number of benzene rings is 1. The average Bonchev–Trinajstić information content (AvgIpc) is 3.06. The summed E-state index contributed by atoms with van der Waals surface area (Å²) in [5, 5.41) is 5.87. The van der Waals surface area contributed by atoms with Crippen LogP contribution in [-0.4, -0.2) is 52.9 Å². The van der Waals surface area contributed by atoms with Gasteiger partial charge in [0.25, 0.3) is 0 Å². The Labute approximate surface area is 151 Å². The summed E-state index contributed by atoms with van der Waals surface area (Å²) in [7, 11) is 1.76. The summed E-state index contributed by atoms with van der Waals surface area (Å²) in [5.74, 6) is -0.0276. The Morgan fingerprint density at radius 2 is 2.08 bits per heavy atom. The van der Waals surface area contributed by atoms with Crippen molar-refractivity contribution >= 4 is 23.3 Å². The lowest BCUT2D eigenvalue weighted by Gasteiger charge is -2.37. The minimum atomic E-state index is -0.428. The van der Waals surface area contributed by atoms with E-state index in [2.05, 4.69) is 22.4 Å². The van der Waals surface area contributed by atoms with Crippen LogP contribution in [0.2, 0.25) is 0 Å². The number of carbonyl (C=O) groups is 2. The summed E-state index contributed by atoms with van der Waals surface area (Å²) in [6, 6.07) is 9.54. The number of carbonyl (C=O) groups excluding carboxylic acids is 2. The van der Waals surface area contributed by atoms with Crippen LogP contribution in [0.15, 0.2) is 35.7 Å². The lowest BCUT2D eigenvalue weighted by Crippen LogP contribution is -2.58. The highest BCUT2D eigenvalue weighted by molar-refractivity contribution is 7.09.